The Kier molecular flexibility index (Phi) is 4.24. The van der Waals surface area contributed by atoms with Gasteiger partial charge in [-0.1, -0.05) is 6.07 Å². The largest absolute Gasteiger partial charge is 0.465 e. The topological polar surface area (TPSA) is 94.6 Å². The molecule has 0 aliphatic carbocycles. The monoisotopic (exact) mass is 304 g/mol. The molecule has 3 rings (SSSR count). The van der Waals surface area contributed by atoms with E-state index in [0.29, 0.717) is 24.4 Å². The van der Waals surface area contributed by atoms with Gasteiger partial charge in [0, 0.05) is 12.5 Å². The third-order valence-electron chi connectivity index (χ3n) is 4.24. The van der Waals surface area contributed by atoms with Crippen LogP contribution in [0.25, 0.3) is 0 Å². The van der Waals surface area contributed by atoms with Crippen molar-refractivity contribution >= 4 is 17.8 Å². The lowest BCUT2D eigenvalue weighted by Crippen LogP contribution is -2.45. The molecule has 0 bridgehead atoms. The average Bonchev–Trinajstić information content (AvgIpc) is 2.52. The van der Waals surface area contributed by atoms with Crippen molar-refractivity contribution in [1.29, 1.82) is 0 Å². The van der Waals surface area contributed by atoms with E-state index >= 15 is 0 Å². The summed E-state index contributed by atoms with van der Waals surface area (Å²) in [6, 6.07) is 3.80. The van der Waals surface area contributed by atoms with Crippen LogP contribution in [0, 0.1) is 0 Å². The van der Waals surface area contributed by atoms with E-state index in [-0.39, 0.29) is 18.5 Å². The van der Waals surface area contributed by atoms with Crippen molar-refractivity contribution in [3.05, 3.63) is 23.4 Å². The van der Waals surface area contributed by atoms with E-state index in [1.807, 2.05) is 12.1 Å². The van der Waals surface area contributed by atoms with Gasteiger partial charge in [-0.25, -0.2) is 9.78 Å². The molecule has 0 unspecified atom stereocenters. The highest BCUT2D eigenvalue weighted by atomic mass is 16.4. The van der Waals surface area contributed by atoms with Gasteiger partial charge in [0.1, 0.15) is 5.82 Å². The first kappa shape index (κ1) is 14.8. The number of hydrogen-bond donors (Lipinski definition) is 3. The van der Waals surface area contributed by atoms with Crippen molar-refractivity contribution in [2.75, 3.05) is 18.4 Å². The van der Waals surface area contributed by atoms with Crippen molar-refractivity contribution in [3.63, 3.8) is 0 Å². The normalized spacial score (nSPS) is 18.5. The molecule has 3 heterocycles. The number of anilines is 1. The zero-order valence-electron chi connectivity index (χ0n) is 12.3. The predicted octanol–water partition coefficient (Wildman–Crippen LogP) is 1.20. The summed E-state index contributed by atoms with van der Waals surface area (Å²) in [5.41, 5.74) is 1.67. The third-order valence-corrected chi connectivity index (χ3v) is 4.24. The summed E-state index contributed by atoms with van der Waals surface area (Å²) < 4.78 is 0. The van der Waals surface area contributed by atoms with Gasteiger partial charge in [0.05, 0.1) is 12.2 Å². The van der Waals surface area contributed by atoms with E-state index in [2.05, 4.69) is 15.6 Å². The highest BCUT2D eigenvalue weighted by Gasteiger charge is 2.26. The molecule has 0 radical (unpaired) electrons. The second-order valence-electron chi connectivity index (χ2n) is 5.75. The number of nitrogens with zero attached hydrogens (tertiary/aromatic N) is 2. The highest BCUT2D eigenvalue weighted by Crippen LogP contribution is 2.22. The number of rotatable bonds is 3. The standard InChI is InChI=1S/C15H20N4O3/c20-13-4-2-10-1-3-11(17-14(10)18-13)9-19(15(21)22)12-5-7-16-8-6-12/h1,3,12,16H,2,4-9H2,(H,21,22)(H,17,18,20). The molecule has 1 aromatic rings. The van der Waals surface area contributed by atoms with Gasteiger partial charge in [0.15, 0.2) is 0 Å². The fraction of sp³-hybridized carbons (Fsp3) is 0.533. The fourth-order valence-corrected chi connectivity index (χ4v) is 3.01. The molecule has 7 nitrogen and oxygen atoms in total. The van der Waals surface area contributed by atoms with Crippen LogP contribution in [0.5, 0.6) is 0 Å². The lowest BCUT2D eigenvalue weighted by Gasteiger charge is -2.32. The second kappa shape index (κ2) is 6.31. The average molecular weight is 304 g/mol. The summed E-state index contributed by atoms with van der Waals surface area (Å²) in [7, 11) is 0. The van der Waals surface area contributed by atoms with Crippen molar-refractivity contribution in [3.8, 4) is 0 Å². The van der Waals surface area contributed by atoms with E-state index < -0.39 is 6.09 Å². The number of nitrogens with one attached hydrogen (secondary N) is 2. The molecule has 0 aromatic carbocycles. The van der Waals surface area contributed by atoms with Crippen molar-refractivity contribution in [1.82, 2.24) is 15.2 Å². The first-order valence-electron chi connectivity index (χ1n) is 7.62. The minimum Gasteiger partial charge on any atom is -0.465 e. The third kappa shape index (κ3) is 3.19. The Bertz CT molecular complexity index is 584. The molecule has 2 amide bonds. The maximum Gasteiger partial charge on any atom is 0.407 e. The molecular weight excluding hydrogens is 284 g/mol. The lowest BCUT2D eigenvalue weighted by molar-refractivity contribution is -0.116. The number of pyridine rings is 1. The molecule has 22 heavy (non-hydrogen) atoms. The molecule has 1 aromatic heterocycles. The maximum absolute atomic E-state index is 11.6. The van der Waals surface area contributed by atoms with Gasteiger partial charge in [-0.05, 0) is 44.0 Å². The summed E-state index contributed by atoms with van der Waals surface area (Å²) in [6.07, 6.45) is 1.87. The Hall–Kier alpha value is -2.15. The Morgan fingerprint density at radius 2 is 2.09 bits per heavy atom. The number of fused-ring (bicyclic) bond motifs is 1. The summed E-state index contributed by atoms with van der Waals surface area (Å²) in [4.78, 5) is 28.9. The van der Waals surface area contributed by atoms with Crippen LogP contribution >= 0.6 is 0 Å². The van der Waals surface area contributed by atoms with Crippen LogP contribution in [-0.2, 0) is 17.8 Å². The maximum atomic E-state index is 11.6. The molecule has 7 heteroatoms. The van der Waals surface area contributed by atoms with Crippen molar-refractivity contribution < 1.29 is 14.7 Å². The Labute approximate surface area is 128 Å². The Morgan fingerprint density at radius 1 is 1.32 bits per heavy atom. The minimum atomic E-state index is -0.921. The van der Waals surface area contributed by atoms with Gasteiger partial charge < -0.3 is 15.7 Å². The number of carboxylic acid groups (broad SMARTS) is 1. The van der Waals surface area contributed by atoms with Crippen LogP contribution in [0.3, 0.4) is 0 Å². The van der Waals surface area contributed by atoms with E-state index in [4.69, 9.17) is 0 Å². The summed E-state index contributed by atoms with van der Waals surface area (Å²) in [5.74, 6) is 0.537. The number of hydrogen-bond acceptors (Lipinski definition) is 4. The van der Waals surface area contributed by atoms with Crippen LogP contribution in [0.2, 0.25) is 0 Å². The zero-order chi connectivity index (χ0) is 15.5. The molecule has 2 aliphatic heterocycles. The minimum absolute atomic E-state index is 0.0196. The van der Waals surface area contributed by atoms with Crippen LogP contribution in [0.1, 0.15) is 30.5 Å². The van der Waals surface area contributed by atoms with E-state index in [1.54, 1.807) is 0 Å². The number of amides is 2. The number of piperidine rings is 1. The van der Waals surface area contributed by atoms with Crippen molar-refractivity contribution in [2.24, 2.45) is 0 Å². The predicted molar refractivity (Wildman–Crippen MR) is 80.6 cm³/mol. The molecule has 3 N–H and O–H groups in total. The SMILES string of the molecule is O=C1CCc2ccc(CN(C(=O)O)C3CCNCC3)nc2N1. The first-order valence-corrected chi connectivity index (χ1v) is 7.62. The van der Waals surface area contributed by atoms with Crippen LogP contribution in [-0.4, -0.2) is 46.1 Å². The van der Waals surface area contributed by atoms with Gasteiger partial charge in [0.2, 0.25) is 5.91 Å². The number of aromatic nitrogens is 1. The molecule has 0 saturated carbocycles. The van der Waals surface area contributed by atoms with Crippen LogP contribution in [0.4, 0.5) is 10.6 Å². The van der Waals surface area contributed by atoms with E-state index in [0.717, 1.165) is 31.5 Å². The molecule has 2 aliphatic rings. The quantitative estimate of drug-likeness (QED) is 0.780. The van der Waals surface area contributed by atoms with Gasteiger partial charge in [-0.3, -0.25) is 9.69 Å². The number of aryl methyl sites for hydroxylation is 1. The van der Waals surface area contributed by atoms with E-state index in [1.165, 1.54) is 4.90 Å². The highest BCUT2D eigenvalue weighted by molar-refractivity contribution is 5.92. The van der Waals surface area contributed by atoms with Gasteiger partial charge in [0.25, 0.3) is 0 Å². The van der Waals surface area contributed by atoms with Gasteiger partial charge in [-0.2, -0.15) is 0 Å². The molecule has 0 atom stereocenters. The van der Waals surface area contributed by atoms with Crippen LogP contribution < -0.4 is 10.6 Å². The zero-order valence-corrected chi connectivity index (χ0v) is 12.3. The summed E-state index contributed by atoms with van der Waals surface area (Å²) in [5, 5.41) is 15.5. The molecule has 0 spiro atoms. The van der Waals surface area contributed by atoms with Crippen LogP contribution in [0.15, 0.2) is 12.1 Å². The Balaban J connectivity index is 1.76. The van der Waals surface area contributed by atoms with Gasteiger partial charge >= 0.3 is 6.09 Å². The van der Waals surface area contributed by atoms with Crippen molar-refractivity contribution in [2.45, 2.75) is 38.3 Å². The first-order chi connectivity index (χ1) is 10.6. The fourth-order valence-electron chi connectivity index (χ4n) is 3.01. The molecular formula is C15H20N4O3. The van der Waals surface area contributed by atoms with E-state index in [9.17, 15) is 14.7 Å². The summed E-state index contributed by atoms with van der Waals surface area (Å²) in [6.45, 7) is 1.92. The Morgan fingerprint density at radius 3 is 2.82 bits per heavy atom. The van der Waals surface area contributed by atoms with Gasteiger partial charge in [-0.15, -0.1) is 0 Å². The number of carbonyl (C=O) groups excluding carboxylic acids is 1. The molecule has 1 fully saturated rings. The molecule has 1 saturated heterocycles. The smallest absolute Gasteiger partial charge is 0.407 e. The lowest BCUT2D eigenvalue weighted by atomic mass is 10.0. The number of carbonyl (C=O) groups is 2. The molecule has 118 valence electrons. The summed E-state index contributed by atoms with van der Waals surface area (Å²) >= 11 is 0. The second-order valence-corrected chi connectivity index (χ2v) is 5.75.